The standard InChI is InChI=1S/C17H12N2O2/c1-10-6-7-13-14(8-10)19-15(18-16(13)20)9-11-4-2-3-5-12(11)17(19)21/h2-9H,1H3,(H,18,20). The Labute approximate surface area is 119 Å². The quantitative estimate of drug-likeness (QED) is 0.396. The summed E-state index contributed by atoms with van der Waals surface area (Å²) in [5.41, 5.74) is 1.87. The summed E-state index contributed by atoms with van der Waals surface area (Å²) in [5.74, 6) is 0. The number of H-pyrrole nitrogens is 1. The molecule has 0 aliphatic heterocycles. The molecule has 2 aromatic heterocycles. The predicted octanol–water partition coefficient (Wildman–Crippen LogP) is 2.60. The van der Waals surface area contributed by atoms with Crippen molar-refractivity contribution in [2.75, 3.05) is 0 Å². The number of hydrogen-bond donors (Lipinski definition) is 1. The zero-order chi connectivity index (χ0) is 14.6. The zero-order valence-corrected chi connectivity index (χ0v) is 11.4. The van der Waals surface area contributed by atoms with Gasteiger partial charge in [0, 0.05) is 5.39 Å². The van der Waals surface area contributed by atoms with Crippen molar-refractivity contribution in [1.82, 2.24) is 9.38 Å². The van der Waals surface area contributed by atoms with Gasteiger partial charge < -0.3 is 4.98 Å². The topological polar surface area (TPSA) is 54.3 Å². The van der Waals surface area contributed by atoms with Crippen molar-refractivity contribution in [2.45, 2.75) is 6.92 Å². The Morgan fingerprint density at radius 3 is 2.62 bits per heavy atom. The van der Waals surface area contributed by atoms with E-state index >= 15 is 0 Å². The first-order valence-electron chi connectivity index (χ1n) is 6.72. The van der Waals surface area contributed by atoms with E-state index in [0.717, 1.165) is 10.9 Å². The summed E-state index contributed by atoms with van der Waals surface area (Å²) in [6.45, 7) is 1.94. The van der Waals surface area contributed by atoms with Crippen LogP contribution >= 0.6 is 0 Å². The van der Waals surface area contributed by atoms with Crippen LogP contribution in [0.3, 0.4) is 0 Å². The zero-order valence-electron chi connectivity index (χ0n) is 11.4. The molecule has 1 N–H and O–H groups in total. The molecular formula is C17H12N2O2. The molecule has 4 heteroatoms. The molecule has 102 valence electrons. The minimum Gasteiger partial charge on any atom is -0.308 e. The summed E-state index contributed by atoms with van der Waals surface area (Å²) in [6, 6.07) is 14.7. The van der Waals surface area contributed by atoms with Crippen LogP contribution in [0.4, 0.5) is 0 Å². The molecule has 0 spiro atoms. The van der Waals surface area contributed by atoms with Crippen LogP contribution in [0.2, 0.25) is 0 Å². The molecule has 0 aliphatic rings. The third-order valence-corrected chi connectivity index (χ3v) is 3.81. The molecule has 0 unspecified atom stereocenters. The number of benzene rings is 2. The van der Waals surface area contributed by atoms with Crippen molar-refractivity contribution in [3.63, 3.8) is 0 Å². The van der Waals surface area contributed by atoms with Crippen LogP contribution in [-0.4, -0.2) is 9.38 Å². The maximum atomic E-state index is 12.8. The van der Waals surface area contributed by atoms with Crippen molar-refractivity contribution >= 4 is 27.3 Å². The second-order valence-electron chi connectivity index (χ2n) is 5.23. The first-order valence-corrected chi connectivity index (χ1v) is 6.72. The van der Waals surface area contributed by atoms with Gasteiger partial charge in [-0.25, -0.2) is 0 Å². The van der Waals surface area contributed by atoms with E-state index in [1.54, 1.807) is 16.5 Å². The third-order valence-electron chi connectivity index (χ3n) is 3.81. The molecule has 21 heavy (non-hydrogen) atoms. The van der Waals surface area contributed by atoms with E-state index in [9.17, 15) is 9.59 Å². The minimum atomic E-state index is -0.181. The summed E-state index contributed by atoms with van der Waals surface area (Å²) in [6.07, 6.45) is 0. The van der Waals surface area contributed by atoms with Crippen molar-refractivity contribution < 1.29 is 0 Å². The summed E-state index contributed by atoms with van der Waals surface area (Å²) in [4.78, 5) is 27.7. The average molecular weight is 276 g/mol. The molecule has 0 fully saturated rings. The molecule has 0 amide bonds. The maximum Gasteiger partial charge on any atom is 0.264 e. The van der Waals surface area contributed by atoms with E-state index in [1.807, 2.05) is 43.3 Å². The van der Waals surface area contributed by atoms with Gasteiger partial charge in [-0.1, -0.05) is 24.3 Å². The van der Waals surface area contributed by atoms with Crippen molar-refractivity contribution in [1.29, 1.82) is 0 Å². The largest absolute Gasteiger partial charge is 0.308 e. The highest BCUT2D eigenvalue weighted by atomic mass is 16.1. The number of aromatic nitrogens is 2. The van der Waals surface area contributed by atoms with Crippen LogP contribution in [-0.2, 0) is 0 Å². The number of hydrogen-bond acceptors (Lipinski definition) is 2. The smallest absolute Gasteiger partial charge is 0.264 e. The van der Waals surface area contributed by atoms with E-state index in [0.29, 0.717) is 21.9 Å². The Morgan fingerprint density at radius 1 is 0.952 bits per heavy atom. The van der Waals surface area contributed by atoms with Gasteiger partial charge >= 0.3 is 0 Å². The van der Waals surface area contributed by atoms with Crippen LogP contribution in [0, 0.1) is 6.92 Å². The molecule has 4 nitrogen and oxygen atoms in total. The van der Waals surface area contributed by atoms with E-state index in [4.69, 9.17) is 0 Å². The molecule has 4 rings (SSSR count). The highest BCUT2D eigenvalue weighted by Gasteiger charge is 2.09. The molecule has 2 aromatic carbocycles. The van der Waals surface area contributed by atoms with Gasteiger partial charge in [0.2, 0.25) is 0 Å². The van der Waals surface area contributed by atoms with Crippen LogP contribution in [0.25, 0.3) is 27.3 Å². The van der Waals surface area contributed by atoms with E-state index in [-0.39, 0.29) is 11.1 Å². The Bertz CT molecular complexity index is 1140. The van der Waals surface area contributed by atoms with Crippen LogP contribution in [0.1, 0.15) is 5.56 Å². The van der Waals surface area contributed by atoms with Gasteiger partial charge in [0.25, 0.3) is 11.1 Å². The monoisotopic (exact) mass is 276 g/mol. The van der Waals surface area contributed by atoms with E-state index in [2.05, 4.69) is 4.98 Å². The van der Waals surface area contributed by atoms with Gasteiger partial charge in [-0.15, -0.1) is 0 Å². The molecule has 0 aliphatic carbocycles. The SMILES string of the molecule is Cc1ccc2c(=O)[nH]c3cc4ccccc4c(=O)n3c2c1. The van der Waals surface area contributed by atoms with Crippen LogP contribution in [0.5, 0.6) is 0 Å². The number of rotatable bonds is 0. The molecule has 0 bridgehead atoms. The normalized spacial score (nSPS) is 11.5. The van der Waals surface area contributed by atoms with Gasteiger partial charge in [0.05, 0.1) is 10.9 Å². The lowest BCUT2D eigenvalue weighted by molar-refractivity contribution is 1.10. The fraction of sp³-hybridized carbons (Fsp3) is 0.0588. The molecule has 2 heterocycles. The highest BCUT2D eigenvalue weighted by molar-refractivity contribution is 5.88. The molecule has 4 aromatic rings. The molecule has 0 radical (unpaired) electrons. The summed E-state index contributed by atoms with van der Waals surface area (Å²) in [5, 5.41) is 1.99. The number of fused-ring (bicyclic) bond motifs is 4. The highest BCUT2D eigenvalue weighted by Crippen LogP contribution is 2.16. The third kappa shape index (κ3) is 1.62. The molecule has 0 saturated carbocycles. The molecular weight excluding hydrogens is 264 g/mol. The number of aryl methyl sites for hydroxylation is 1. The Hall–Kier alpha value is -2.88. The Kier molecular flexibility index (Phi) is 2.30. The summed E-state index contributed by atoms with van der Waals surface area (Å²) < 4.78 is 1.58. The Balaban J connectivity index is 2.41. The fourth-order valence-corrected chi connectivity index (χ4v) is 2.79. The van der Waals surface area contributed by atoms with Crippen LogP contribution in [0.15, 0.2) is 58.1 Å². The second-order valence-corrected chi connectivity index (χ2v) is 5.23. The lowest BCUT2D eigenvalue weighted by Gasteiger charge is -2.08. The van der Waals surface area contributed by atoms with E-state index in [1.165, 1.54) is 0 Å². The average Bonchev–Trinajstić information content (AvgIpc) is 2.47. The van der Waals surface area contributed by atoms with Crippen molar-refractivity contribution in [3.05, 3.63) is 74.8 Å². The fourth-order valence-electron chi connectivity index (χ4n) is 2.79. The predicted molar refractivity (Wildman–Crippen MR) is 84.0 cm³/mol. The lowest BCUT2D eigenvalue weighted by atomic mass is 10.1. The first-order chi connectivity index (χ1) is 10.1. The van der Waals surface area contributed by atoms with Crippen LogP contribution < -0.4 is 11.1 Å². The van der Waals surface area contributed by atoms with Gasteiger partial charge in [0.1, 0.15) is 5.65 Å². The lowest BCUT2D eigenvalue weighted by Crippen LogP contribution is -2.20. The van der Waals surface area contributed by atoms with Gasteiger partial charge in [-0.2, -0.15) is 0 Å². The van der Waals surface area contributed by atoms with Crippen molar-refractivity contribution in [2.24, 2.45) is 0 Å². The minimum absolute atomic E-state index is 0.116. The number of aromatic amines is 1. The Morgan fingerprint density at radius 2 is 1.76 bits per heavy atom. The van der Waals surface area contributed by atoms with E-state index < -0.39 is 0 Å². The summed E-state index contributed by atoms with van der Waals surface area (Å²) in [7, 11) is 0. The number of nitrogens with zero attached hydrogens (tertiary/aromatic N) is 1. The second kappa shape index (κ2) is 4.06. The number of pyridine rings is 1. The van der Waals surface area contributed by atoms with Gasteiger partial charge in [-0.3, -0.25) is 14.0 Å². The van der Waals surface area contributed by atoms with Crippen molar-refractivity contribution in [3.8, 4) is 0 Å². The summed E-state index contributed by atoms with van der Waals surface area (Å²) >= 11 is 0. The van der Waals surface area contributed by atoms with Gasteiger partial charge in [0.15, 0.2) is 0 Å². The molecule has 0 saturated heterocycles. The number of nitrogens with one attached hydrogen (secondary N) is 1. The molecule has 0 atom stereocenters. The first kappa shape index (κ1) is 11.9. The maximum absolute atomic E-state index is 12.8. The van der Waals surface area contributed by atoms with Gasteiger partial charge in [-0.05, 0) is 42.1 Å².